The summed E-state index contributed by atoms with van der Waals surface area (Å²) in [5, 5.41) is 6.14. The number of para-hydroxylation sites is 1. The standard InChI is InChI=1S/C23H30N4O2/c1-17(2)22(28)25-20-11-9-19(10-12-20)24-18(3)23(29)27-15-13-26(14-16-27)21-7-5-4-6-8-21/h4-12,17-18,24H,13-16H2,1-3H3,(H,25,28). The molecule has 2 amide bonds. The molecule has 0 aliphatic carbocycles. The van der Waals surface area contributed by atoms with E-state index in [0.717, 1.165) is 37.6 Å². The SMILES string of the molecule is CC(C)C(=O)Nc1ccc(NC(C)C(=O)N2CCN(c3ccccc3)CC2)cc1. The van der Waals surface area contributed by atoms with Gasteiger partial charge in [-0.3, -0.25) is 9.59 Å². The Balaban J connectivity index is 1.50. The molecule has 29 heavy (non-hydrogen) atoms. The quantitative estimate of drug-likeness (QED) is 0.788. The van der Waals surface area contributed by atoms with E-state index in [-0.39, 0.29) is 23.8 Å². The van der Waals surface area contributed by atoms with Gasteiger partial charge in [-0.25, -0.2) is 0 Å². The van der Waals surface area contributed by atoms with Crippen LogP contribution in [0.15, 0.2) is 54.6 Å². The highest BCUT2D eigenvalue weighted by Gasteiger charge is 2.25. The summed E-state index contributed by atoms with van der Waals surface area (Å²) in [7, 11) is 0. The molecule has 154 valence electrons. The van der Waals surface area contributed by atoms with Crippen LogP contribution in [0.2, 0.25) is 0 Å². The van der Waals surface area contributed by atoms with Gasteiger partial charge in [0.15, 0.2) is 0 Å². The molecule has 1 saturated heterocycles. The fourth-order valence-electron chi connectivity index (χ4n) is 3.35. The van der Waals surface area contributed by atoms with E-state index >= 15 is 0 Å². The maximum absolute atomic E-state index is 12.8. The molecule has 1 heterocycles. The number of hydrogen-bond acceptors (Lipinski definition) is 4. The molecule has 0 radical (unpaired) electrons. The largest absolute Gasteiger partial charge is 0.374 e. The predicted molar refractivity (Wildman–Crippen MR) is 118 cm³/mol. The van der Waals surface area contributed by atoms with E-state index in [1.807, 2.05) is 68.1 Å². The summed E-state index contributed by atoms with van der Waals surface area (Å²) in [5.74, 6) is 0.0339. The second-order valence-electron chi connectivity index (χ2n) is 7.74. The first kappa shape index (κ1) is 20.7. The van der Waals surface area contributed by atoms with Crippen LogP contribution in [-0.4, -0.2) is 48.9 Å². The van der Waals surface area contributed by atoms with Gasteiger partial charge in [0.05, 0.1) is 0 Å². The second kappa shape index (κ2) is 9.45. The summed E-state index contributed by atoms with van der Waals surface area (Å²) in [5.41, 5.74) is 2.82. The normalized spacial score (nSPS) is 15.2. The number of anilines is 3. The van der Waals surface area contributed by atoms with Gasteiger partial charge >= 0.3 is 0 Å². The second-order valence-corrected chi connectivity index (χ2v) is 7.74. The molecule has 0 bridgehead atoms. The van der Waals surface area contributed by atoms with E-state index < -0.39 is 0 Å². The third kappa shape index (κ3) is 5.50. The Morgan fingerprint density at radius 2 is 1.41 bits per heavy atom. The molecule has 1 unspecified atom stereocenters. The fourth-order valence-corrected chi connectivity index (χ4v) is 3.35. The van der Waals surface area contributed by atoms with Gasteiger partial charge in [-0.1, -0.05) is 32.0 Å². The van der Waals surface area contributed by atoms with Crippen LogP contribution < -0.4 is 15.5 Å². The maximum atomic E-state index is 12.8. The minimum atomic E-state index is -0.311. The van der Waals surface area contributed by atoms with Crippen LogP contribution in [0.3, 0.4) is 0 Å². The molecule has 1 aliphatic rings. The lowest BCUT2D eigenvalue weighted by Crippen LogP contribution is -2.52. The Morgan fingerprint density at radius 3 is 2.00 bits per heavy atom. The summed E-state index contributed by atoms with van der Waals surface area (Å²) in [6, 6.07) is 17.5. The van der Waals surface area contributed by atoms with Gasteiger partial charge in [0.2, 0.25) is 11.8 Å². The van der Waals surface area contributed by atoms with Crippen LogP contribution in [0.4, 0.5) is 17.1 Å². The number of rotatable bonds is 6. The number of piperazine rings is 1. The maximum Gasteiger partial charge on any atom is 0.244 e. The Kier molecular flexibility index (Phi) is 6.75. The van der Waals surface area contributed by atoms with Gasteiger partial charge < -0.3 is 20.4 Å². The number of amides is 2. The lowest BCUT2D eigenvalue weighted by atomic mass is 10.2. The van der Waals surface area contributed by atoms with Crippen molar-refractivity contribution in [3.05, 3.63) is 54.6 Å². The Labute approximate surface area is 172 Å². The molecule has 6 nitrogen and oxygen atoms in total. The highest BCUT2D eigenvalue weighted by molar-refractivity contribution is 5.92. The van der Waals surface area contributed by atoms with Crippen LogP contribution in [0.5, 0.6) is 0 Å². The van der Waals surface area contributed by atoms with Crippen LogP contribution in [0.25, 0.3) is 0 Å². The molecule has 0 spiro atoms. The number of carbonyl (C=O) groups excluding carboxylic acids is 2. The number of hydrogen-bond donors (Lipinski definition) is 2. The van der Waals surface area contributed by atoms with Crippen LogP contribution >= 0.6 is 0 Å². The third-order valence-electron chi connectivity index (χ3n) is 5.14. The first-order valence-electron chi connectivity index (χ1n) is 10.2. The molecule has 1 atom stereocenters. The molecule has 6 heteroatoms. The Hall–Kier alpha value is -3.02. The third-order valence-corrected chi connectivity index (χ3v) is 5.14. The predicted octanol–water partition coefficient (Wildman–Crippen LogP) is 3.43. The lowest BCUT2D eigenvalue weighted by molar-refractivity contribution is -0.132. The highest BCUT2D eigenvalue weighted by atomic mass is 16.2. The Bertz CT molecular complexity index is 813. The molecule has 1 aliphatic heterocycles. The van der Waals surface area contributed by atoms with Crippen LogP contribution in [-0.2, 0) is 9.59 Å². The number of nitrogens with zero attached hydrogens (tertiary/aromatic N) is 2. The van der Waals surface area contributed by atoms with Crippen molar-refractivity contribution >= 4 is 28.9 Å². The minimum Gasteiger partial charge on any atom is -0.374 e. The van der Waals surface area contributed by atoms with Crippen molar-refractivity contribution in [1.82, 2.24) is 4.90 Å². The zero-order valence-electron chi connectivity index (χ0n) is 17.4. The van der Waals surface area contributed by atoms with Crippen molar-refractivity contribution in [2.45, 2.75) is 26.8 Å². The number of benzene rings is 2. The Morgan fingerprint density at radius 1 is 0.828 bits per heavy atom. The van der Waals surface area contributed by atoms with Crippen molar-refractivity contribution in [1.29, 1.82) is 0 Å². The molecule has 3 rings (SSSR count). The van der Waals surface area contributed by atoms with E-state index in [9.17, 15) is 9.59 Å². The van der Waals surface area contributed by atoms with E-state index in [1.165, 1.54) is 5.69 Å². The molecule has 0 saturated carbocycles. The molecule has 2 aromatic carbocycles. The van der Waals surface area contributed by atoms with Crippen molar-refractivity contribution < 1.29 is 9.59 Å². The van der Waals surface area contributed by atoms with Crippen molar-refractivity contribution in [2.24, 2.45) is 5.92 Å². The first-order chi connectivity index (χ1) is 13.9. The molecule has 2 N–H and O–H groups in total. The van der Waals surface area contributed by atoms with Gasteiger partial charge in [0.25, 0.3) is 0 Å². The van der Waals surface area contributed by atoms with Gasteiger partial charge in [0, 0.05) is 49.2 Å². The monoisotopic (exact) mass is 394 g/mol. The summed E-state index contributed by atoms with van der Waals surface area (Å²) in [6.45, 7) is 8.73. The van der Waals surface area contributed by atoms with Crippen LogP contribution in [0, 0.1) is 5.92 Å². The van der Waals surface area contributed by atoms with Gasteiger partial charge in [0.1, 0.15) is 6.04 Å². The molecular weight excluding hydrogens is 364 g/mol. The van der Waals surface area contributed by atoms with Crippen LogP contribution in [0.1, 0.15) is 20.8 Å². The van der Waals surface area contributed by atoms with E-state index in [1.54, 1.807) is 0 Å². The fraction of sp³-hybridized carbons (Fsp3) is 0.391. The topological polar surface area (TPSA) is 64.7 Å². The van der Waals surface area contributed by atoms with Crippen molar-refractivity contribution in [3.63, 3.8) is 0 Å². The molecule has 0 aromatic heterocycles. The number of nitrogens with one attached hydrogen (secondary N) is 2. The zero-order chi connectivity index (χ0) is 20.8. The summed E-state index contributed by atoms with van der Waals surface area (Å²) in [6.07, 6.45) is 0. The van der Waals surface area contributed by atoms with Gasteiger partial charge in [-0.15, -0.1) is 0 Å². The average molecular weight is 395 g/mol. The van der Waals surface area contributed by atoms with Crippen molar-refractivity contribution in [3.8, 4) is 0 Å². The lowest BCUT2D eigenvalue weighted by Gasteiger charge is -2.37. The molecule has 1 fully saturated rings. The summed E-state index contributed by atoms with van der Waals surface area (Å²) < 4.78 is 0. The highest BCUT2D eigenvalue weighted by Crippen LogP contribution is 2.18. The van der Waals surface area contributed by atoms with E-state index in [0.29, 0.717) is 0 Å². The molecule has 2 aromatic rings. The van der Waals surface area contributed by atoms with Gasteiger partial charge in [-0.2, -0.15) is 0 Å². The van der Waals surface area contributed by atoms with Crippen molar-refractivity contribution in [2.75, 3.05) is 41.7 Å². The van der Waals surface area contributed by atoms with Gasteiger partial charge in [-0.05, 0) is 43.3 Å². The first-order valence-corrected chi connectivity index (χ1v) is 10.2. The average Bonchev–Trinajstić information content (AvgIpc) is 2.75. The summed E-state index contributed by atoms with van der Waals surface area (Å²) >= 11 is 0. The molecular formula is C23H30N4O2. The minimum absolute atomic E-state index is 0.0103. The van der Waals surface area contributed by atoms with E-state index in [2.05, 4.69) is 27.7 Å². The summed E-state index contributed by atoms with van der Waals surface area (Å²) in [4.78, 5) is 28.8. The van der Waals surface area contributed by atoms with E-state index in [4.69, 9.17) is 0 Å². The number of carbonyl (C=O) groups is 2. The zero-order valence-corrected chi connectivity index (χ0v) is 17.4. The smallest absolute Gasteiger partial charge is 0.244 e.